The number of piperidine rings is 1. The minimum Gasteiger partial charge on any atom is -0.486 e. The molecule has 1 amide bonds. The van der Waals surface area contributed by atoms with Gasteiger partial charge in [0.25, 0.3) is 0 Å². The number of benzene rings is 1. The van der Waals surface area contributed by atoms with Crippen LogP contribution >= 0.6 is 11.8 Å². The van der Waals surface area contributed by atoms with Crippen LogP contribution in [0.3, 0.4) is 0 Å². The molecule has 3 rings (SSSR count). The Labute approximate surface area is 184 Å². The molecule has 0 saturated carbocycles. The van der Waals surface area contributed by atoms with E-state index in [1.165, 1.54) is 18.2 Å². The van der Waals surface area contributed by atoms with Gasteiger partial charge in [0.15, 0.2) is 11.0 Å². The standard InChI is InChI=1S/C23H34N4O2S/c1-17(2)13-14-26-21(15-29-20-11-6-5-7-12-20)24-25-23(26)30-16-22(28)27-18(3)9-8-10-19(27)4/h5-7,11-12,17-19H,8-10,13-16H2,1-4H3. The first-order valence-electron chi connectivity index (χ1n) is 11.0. The molecule has 0 bridgehead atoms. The lowest BCUT2D eigenvalue weighted by Gasteiger charge is -2.39. The Bertz CT molecular complexity index is 799. The summed E-state index contributed by atoms with van der Waals surface area (Å²) in [6.07, 6.45) is 4.41. The molecule has 1 fully saturated rings. The molecule has 1 aliphatic rings. The van der Waals surface area contributed by atoms with E-state index in [9.17, 15) is 4.79 Å². The van der Waals surface area contributed by atoms with Crippen molar-refractivity contribution in [3.8, 4) is 5.75 Å². The maximum atomic E-state index is 12.9. The van der Waals surface area contributed by atoms with Gasteiger partial charge in [-0.05, 0) is 57.6 Å². The van der Waals surface area contributed by atoms with Gasteiger partial charge in [0, 0.05) is 18.6 Å². The maximum Gasteiger partial charge on any atom is 0.233 e. The topological polar surface area (TPSA) is 60.2 Å². The van der Waals surface area contributed by atoms with Crippen LogP contribution in [0, 0.1) is 5.92 Å². The third-order valence-electron chi connectivity index (χ3n) is 5.64. The molecule has 0 N–H and O–H groups in total. The molecule has 30 heavy (non-hydrogen) atoms. The molecule has 2 unspecified atom stereocenters. The molecule has 2 heterocycles. The molecule has 2 aromatic rings. The highest BCUT2D eigenvalue weighted by molar-refractivity contribution is 7.99. The van der Waals surface area contributed by atoms with Crippen LogP contribution in [0.4, 0.5) is 0 Å². The van der Waals surface area contributed by atoms with Crippen molar-refractivity contribution in [2.75, 3.05) is 5.75 Å². The SMILES string of the molecule is CC(C)CCn1c(COc2ccccc2)nnc1SCC(=O)N1C(C)CCCC1C. The van der Waals surface area contributed by atoms with Gasteiger partial charge in [-0.2, -0.15) is 0 Å². The predicted octanol–water partition coefficient (Wildman–Crippen LogP) is 4.78. The lowest BCUT2D eigenvalue weighted by Crippen LogP contribution is -2.48. The van der Waals surface area contributed by atoms with Crippen molar-refractivity contribution in [3.05, 3.63) is 36.2 Å². The number of likely N-dealkylation sites (tertiary alicyclic amines) is 1. The number of aromatic nitrogens is 3. The molecule has 6 nitrogen and oxygen atoms in total. The first-order valence-corrected chi connectivity index (χ1v) is 12.0. The van der Waals surface area contributed by atoms with Crippen molar-refractivity contribution in [3.63, 3.8) is 0 Å². The molecule has 2 atom stereocenters. The Hall–Kier alpha value is -2.02. The summed E-state index contributed by atoms with van der Waals surface area (Å²) in [5.41, 5.74) is 0. The number of para-hydroxylation sites is 1. The van der Waals surface area contributed by atoms with Crippen LogP contribution in [0.1, 0.15) is 59.2 Å². The zero-order valence-electron chi connectivity index (χ0n) is 18.6. The molecule has 164 valence electrons. The van der Waals surface area contributed by atoms with Crippen molar-refractivity contribution in [2.45, 2.75) is 83.8 Å². The Morgan fingerprint density at radius 1 is 1.17 bits per heavy atom. The van der Waals surface area contributed by atoms with Crippen LogP contribution in [0.25, 0.3) is 0 Å². The van der Waals surface area contributed by atoms with Crippen molar-refractivity contribution >= 4 is 17.7 Å². The summed E-state index contributed by atoms with van der Waals surface area (Å²) in [4.78, 5) is 15.0. The molecular formula is C23H34N4O2S. The van der Waals surface area contributed by atoms with Crippen molar-refractivity contribution < 1.29 is 9.53 Å². The zero-order chi connectivity index (χ0) is 21.5. The summed E-state index contributed by atoms with van der Waals surface area (Å²) in [6.45, 7) is 9.92. The first-order chi connectivity index (χ1) is 14.5. The zero-order valence-corrected chi connectivity index (χ0v) is 19.4. The third kappa shape index (κ3) is 6.00. The molecule has 1 aliphatic heterocycles. The molecular weight excluding hydrogens is 396 g/mol. The fourth-order valence-corrected chi connectivity index (χ4v) is 4.78. The molecule has 1 aromatic heterocycles. The van der Waals surface area contributed by atoms with E-state index in [2.05, 4.69) is 47.4 Å². The predicted molar refractivity (Wildman–Crippen MR) is 121 cm³/mol. The summed E-state index contributed by atoms with van der Waals surface area (Å²) >= 11 is 1.49. The molecule has 1 aromatic carbocycles. The number of hydrogen-bond donors (Lipinski definition) is 0. The largest absolute Gasteiger partial charge is 0.486 e. The first kappa shape index (κ1) is 22.7. The lowest BCUT2D eigenvalue weighted by molar-refractivity contribution is -0.134. The molecule has 0 radical (unpaired) electrons. The fourth-order valence-electron chi connectivity index (χ4n) is 3.92. The number of carbonyl (C=O) groups excluding carboxylic acids is 1. The lowest BCUT2D eigenvalue weighted by atomic mass is 9.98. The van der Waals surface area contributed by atoms with E-state index >= 15 is 0 Å². The van der Waals surface area contributed by atoms with E-state index in [4.69, 9.17) is 4.74 Å². The second kappa shape index (κ2) is 10.8. The van der Waals surface area contributed by atoms with Crippen molar-refractivity contribution in [1.29, 1.82) is 0 Å². The van der Waals surface area contributed by atoms with Crippen LogP contribution in [-0.4, -0.2) is 43.4 Å². The van der Waals surface area contributed by atoms with Gasteiger partial charge in [-0.15, -0.1) is 10.2 Å². The minimum absolute atomic E-state index is 0.195. The van der Waals surface area contributed by atoms with E-state index in [0.29, 0.717) is 30.4 Å². The van der Waals surface area contributed by atoms with Gasteiger partial charge in [-0.3, -0.25) is 4.79 Å². The van der Waals surface area contributed by atoms with Gasteiger partial charge in [0.1, 0.15) is 12.4 Å². The highest BCUT2D eigenvalue weighted by Crippen LogP contribution is 2.26. The van der Waals surface area contributed by atoms with Crippen molar-refractivity contribution in [2.24, 2.45) is 5.92 Å². The second-order valence-corrected chi connectivity index (χ2v) is 9.50. The van der Waals surface area contributed by atoms with Crippen molar-refractivity contribution in [1.82, 2.24) is 19.7 Å². The number of hydrogen-bond acceptors (Lipinski definition) is 5. The summed E-state index contributed by atoms with van der Waals surface area (Å²) in [5.74, 6) is 2.78. The molecule has 0 aliphatic carbocycles. The summed E-state index contributed by atoms with van der Waals surface area (Å²) in [6, 6.07) is 10.4. The van der Waals surface area contributed by atoms with E-state index in [0.717, 1.165) is 42.5 Å². The monoisotopic (exact) mass is 430 g/mol. The number of rotatable bonds is 9. The number of thioether (sulfide) groups is 1. The maximum absolute atomic E-state index is 12.9. The van der Waals surface area contributed by atoms with Crippen LogP contribution in [0.2, 0.25) is 0 Å². The van der Waals surface area contributed by atoms with Crippen LogP contribution in [0.5, 0.6) is 5.75 Å². The van der Waals surface area contributed by atoms with Gasteiger partial charge < -0.3 is 14.2 Å². The molecule has 0 spiro atoms. The smallest absolute Gasteiger partial charge is 0.233 e. The summed E-state index contributed by atoms with van der Waals surface area (Å²) in [7, 11) is 0. The Balaban J connectivity index is 1.66. The number of amides is 1. The summed E-state index contributed by atoms with van der Waals surface area (Å²) in [5, 5.41) is 9.56. The number of nitrogens with zero attached hydrogens (tertiary/aromatic N) is 4. The van der Waals surface area contributed by atoms with E-state index in [-0.39, 0.29) is 5.91 Å². The average Bonchev–Trinajstić information content (AvgIpc) is 3.11. The Morgan fingerprint density at radius 2 is 1.87 bits per heavy atom. The third-order valence-corrected chi connectivity index (χ3v) is 6.59. The fraction of sp³-hybridized carbons (Fsp3) is 0.609. The summed E-state index contributed by atoms with van der Waals surface area (Å²) < 4.78 is 8.01. The van der Waals surface area contributed by atoms with Gasteiger partial charge in [0.05, 0.1) is 5.75 Å². The van der Waals surface area contributed by atoms with Crippen LogP contribution in [0.15, 0.2) is 35.5 Å². The van der Waals surface area contributed by atoms with Gasteiger partial charge >= 0.3 is 0 Å². The number of carbonyl (C=O) groups is 1. The van der Waals surface area contributed by atoms with E-state index in [1.54, 1.807) is 0 Å². The van der Waals surface area contributed by atoms with E-state index in [1.807, 2.05) is 30.3 Å². The second-order valence-electron chi connectivity index (χ2n) is 8.55. The molecule has 7 heteroatoms. The Morgan fingerprint density at radius 3 is 2.53 bits per heavy atom. The number of ether oxygens (including phenoxy) is 1. The van der Waals surface area contributed by atoms with Crippen LogP contribution in [-0.2, 0) is 17.9 Å². The normalized spacial score (nSPS) is 19.3. The van der Waals surface area contributed by atoms with E-state index < -0.39 is 0 Å². The minimum atomic E-state index is 0.195. The average molecular weight is 431 g/mol. The van der Waals surface area contributed by atoms with Gasteiger partial charge in [0.2, 0.25) is 5.91 Å². The highest BCUT2D eigenvalue weighted by Gasteiger charge is 2.29. The van der Waals surface area contributed by atoms with Crippen LogP contribution < -0.4 is 4.74 Å². The molecule has 1 saturated heterocycles. The van der Waals surface area contributed by atoms with Gasteiger partial charge in [-0.25, -0.2) is 0 Å². The van der Waals surface area contributed by atoms with Gasteiger partial charge in [-0.1, -0.05) is 43.8 Å². The quantitative estimate of drug-likeness (QED) is 0.536. The highest BCUT2D eigenvalue weighted by atomic mass is 32.2. The Kier molecular flexibility index (Phi) is 8.19.